The number of carbonyl (C=O) groups excluding carboxylic acids is 2. The van der Waals surface area contributed by atoms with Gasteiger partial charge in [0.15, 0.2) is 17.3 Å². The van der Waals surface area contributed by atoms with E-state index in [0.29, 0.717) is 6.07 Å². The highest BCUT2D eigenvalue weighted by Crippen LogP contribution is 2.33. The molecule has 2 aliphatic heterocycles. The lowest BCUT2D eigenvalue weighted by atomic mass is 10.0. The molecule has 3 aromatic rings. The molecule has 0 aliphatic carbocycles. The summed E-state index contributed by atoms with van der Waals surface area (Å²) >= 11 is 5.50. The number of rotatable bonds is 6. The maximum absolute atomic E-state index is 14.1. The van der Waals surface area contributed by atoms with Crippen LogP contribution in [0.25, 0.3) is 0 Å². The number of hydrogen-bond donors (Lipinski definition) is 1. The number of amides is 2. The summed E-state index contributed by atoms with van der Waals surface area (Å²) in [7, 11) is 0. The third-order valence-electron chi connectivity index (χ3n) is 7.56. The summed E-state index contributed by atoms with van der Waals surface area (Å²) in [4.78, 5) is 38.7. The van der Waals surface area contributed by atoms with Gasteiger partial charge in [-0.25, -0.2) is 18.2 Å². The van der Waals surface area contributed by atoms with E-state index in [1.807, 2.05) is 0 Å². The Morgan fingerprint density at radius 3 is 2.18 bits per heavy atom. The highest BCUT2D eigenvalue weighted by molar-refractivity contribution is 7.80. The van der Waals surface area contributed by atoms with Crippen molar-refractivity contribution >= 4 is 29.0 Å². The van der Waals surface area contributed by atoms with Crippen LogP contribution in [0.5, 0.6) is 0 Å². The average molecular weight is 640 g/mol. The first-order valence-corrected chi connectivity index (χ1v) is 14.1. The van der Waals surface area contributed by atoms with Crippen LogP contribution in [-0.2, 0) is 25.7 Å². The fraction of sp³-hybridized carbons (Fsp3) is 0.393. The van der Waals surface area contributed by atoms with Gasteiger partial charge < -0.3 is 25.0 Å². The molecule has 1 fully saturated rings. The van der Waals surface area contributed by atoms with E-state index in [1.54, 1.807) is 23.1 Å². The topological polar surface area (TPSA) is 101 Å². The maximum atomic E-state index is 14.1. The first kappa shape index (κ1) is 31.4. The molecule has 0 spiro atoms. The molecular formula is C28H27F6N7O2S. The van der Waals surface area contributed by atoms with Gasteiger partial charge in [-0.2, -0.15) is 13.2 Å². The summed E-state index contributed by atoms with van der Waals surface area (Å²) in [6.45, 7) is 0.244. The summed E-state index contributed by atoms with van der Waals surface area (Å²) in [6, 6.07) is 5.27. The van der Waals surface area contributed by atoms with Crippen LogP contribution in [-0.4, -0.2) is 84.8 Å². The summed E-state index contributed by atoms with van der Waals surface area (Å²) < 4.78 is 83.7. The van der Waals surface area contributed by atoms with E-state index in [4.69, 9.17) is 18.0 Å². The van der Waals surface area contributed by atoms with Crippen molar-refractivity contribution < 1.29 is 35.9 Å². The number of halogens is 6. The number of piperazine rings is 1. The molecule has 2 aliphatic rings. The maximum Gasteiger partial charge on any atom is 0.449 e. The number of hydrogen-bond acceptors (Lipinski definition) is 6. The molecular weight excluding hydrogens is 612 g/mol. The van der Waals surface area contributed by atoms with Crippen molar-refractivity contribution in [3.05, 3.63) is 82.4 Å². The van der Waals surface area contributed by atoms with Gasteiger partial charge in [0.25, 0.3) is 11.8 Å². The molecule has 0 saturated carbocycles. The molecule has 2 N–H and O–H groups in total. The van der Waals surface area contributed by atoms with E-state index >= 15 is 0 Å². The summed E-state index contributed by atoms with van der Waals surface area (Å²) in [5, 5.41) is 0. The number of alkyl halides is 3. The van der Waals surface area contributed by atoms with Crippen LogP contribution in [0.1, 0.15) is 44.5 Å². The fourth-order valence-corrected chi connectivity index (χ4v) is 5.68. The Kier molecular flexibility index (Phi) is 8.92. The number of thiocarbonyl (C=S) groups is 1. The normalized spacial score (nSPS) is 16.1. The largest absolute Gasteiger partial charge is 0.449 e. The number of imidazole rings is 1. The lowest BCUT2D eigenvalue weighted by Crippen LogP contribution is -2.51. The van der Waals surface area contributed by atoms with E-state index in [9.17, 15) is 35.9 Å². The minimum atomic E-state index is -4.82. The lowest BCUT2D eigenvalue weighted by molar-refractivity contribution is -0.147. The number of nitrogens with two attached hydrogens (primary N) is 1. The van der Waals surface area contributed by atoms with E-state index in [0.717, 1.165) is 10.6 Å². The zero-order chi connectivity index (χ0) is 31.8. The Morgan fingerprint density at radius 1 is 0.909 bits per heavy atom. The third-order valence-corrected chi connectivity index (χ3v) is 7.99. The van der Waals surface area contributed by atoms with Gasteiger partial charge >= 0.3 is 6.18 Å². The van der Waals surface area contributed by atoms with Gasteiger partial charge in [-0.1, -0.05) is 18.3 Å². The zero-order valence-corrected chi connectivity index (χ0v) is 24.0. The summed E-state index contributed by atoms with van der Waals surface area (Å²) in [5.41, 5.74) is 5.90. The van der Waals surface area contributed by atoms with Crippen molar-refractivity contribution in [2.45, 2.75) is 38.1 Å². The van der Waals surface area contributed by atoms with E-state index in [1.165, 1.54) is 16.0 Å². The van der Waals surface area contributed by atoms with Gasteiger partial charge in [0.1, 0.15) is 11.5 Å². The second-order valence-electron chi connectivity index (χ2n) is 10.5. The van der Waals surface area contributed by atoms with Crippen molar-refractivity contribution in [1.29, 1.82) is 0 Å². The van der Waals surface area contributed by atoms with Crippen LogP contribution in [0.4, 0.5) is 26.3 Å². The third kappa shape index (κ3) is 6.55. The lowest BCUT2D eigenvalue weighted by Gasteiger charge is -2.35. The predicted molar refractivity (Wildman–Crippen MR) is 149 cm³/mol. The van der Waals surface area contributed by atoms with E-state index in [2.05, 4.69) is 9.97 Å². The molecule has 5 rings (SSSR count). The van der Waals surface area contributed by atoms with Crippen molar-refractivity contribution in [3.63, 3.8) is 0 Å². The molecule has 16 heteroatoms. The van der Waals surface area contributed by atoms with Crippen LogP contribution in [0, 0.1) is 17.5 Å². The van der Waals surface area contributed by atoms with Gasteiger partial charge in [0.05, 0.1) is 17.2 Å². The number of pyridine rings is 1. The van der Waals surface area contributed by atoms with Crippen LogP contribution in [0.3, 0.4) is 0 Å². The quantitative estimate of drug-likeness (QED) is 0.251. The molecule has 0 unspecified atom stereocenters. The number of fused-ring (bicyclic) bond motifs is 1. The average Bonchev–Trinajstić information content (AvgIpc) is 3.39. The molecule has 9 nitrogen and oxygen atoms in total. The molecule has 2 amide bonds. The van der Waals surface area contributed by atoms with Gasteiger partial charge in [0.2, 0.25) is 5.82 Å². The molecule has 2 aromatic heterocycles. The summed E-state index contributed by atoms with van der Waals surface area (Å²) in [5.74, 6) is -5.73. The minimum Gasteiger partial charge on any atom is -0.358 e. The summed E-state index contributed by atoms with van der Waals surface area (Å²) in [6.07, 6.45) is -3.49. The minimum absolute atomic E-state index is 0.00355. The Labute approximate surface area is 253 Å². The molecule has 4 heterocycles. The van der Waals surface area contributed by atoms with Crippen molar-refractivity contribution in [1.82, 2.24) is 29.2 Å². The van der Waals surface area contributed by atoms with E-state index < -0.39 is 41.4 Å². The SMILES string of the molecule is N[C@H](CC(=S)N1CCn2c(C(F)(F)F)nc(C(=O)N3CCN(C(=O)c4ccccn4)CC3)c2C1)Cc1cc(F)c(F)cc1F. The van der Waals surface area contributed by atoms with Crippen molar-refractivity contribution in [2.75, 3.05) is 32.7 Å². The highest BCUT2D eigenvalue weighted by Gasteiger charge is 2.42. The van der Waals surface area contributed by atoms with Crippen LogP contribution in [0.2, 0.25) is 0 Å². The molecule has 1 saturated heterocycles. The number of benzene rings is 1. The first-order valence-electron chi connectivity index (χ1n) is 13.7. The number of carbonyl (C=O) groups is 2. The highest BCUT2D eigenvalue weighted by atomic mass is 32.1. The zero-order valence-electron chi connectivity index (χ0n) is 23.2. The smallest absolute Gasteiger partial charge is 0.358 e. The Bertz CT molecular complexity index is 1570. The molecule has 1 aromatic carbocycles. The van der Waals surface area contributed by atoms with Crippen molar-refractivity contribution in [3.8, 4) is 0 Å². The second kappa shape index (κ2) is 12.5. The molecule has 44 heavy (non-hydrogen) atoms. The Morgan fingerprint density at radius 2 is 1.55 bits per heavy atom. The van der Waals surface area contributed by atoms with Gasteiger partial charge in [-0.05, 0) is 30.2 Å². The van der Waals surface area contributed by atoms with Gasteiger partial charge in [0, 0.05) is 64.0 Å². The Balaban J connectivity index is 1.28. The van der Waals surface area contributed by atoms with Crippen LogP contribution >= 0.6 is 12.2 Å². The molecule has 234 valence electrons. The monoisotopic (exact) mass is 639 g/mol. The van der Waals surface area contributed by atoms with E-state index in [-0.39, 0.29) is 92.2 Å². The van der Waals surface area contributed by atoms with Crippen molar-refractivity contribution in [2.24, 2.45) is 5.73 Å². The fourth-order valence-electron chi connectivity index (χ4n) is 5.31. The van der Waals surface area contributed by atoms with Crippen LogP contribution < -0.4 is 5.73 Å². The second-order valence-corrected chi connectivity index (χ2v) is 11.0. The van der Waals surface area contributed by atoms with Crippen LogP contribution in [0.15, 0.2) is 36.5 Å². The molecule has 0 radical (unpaired) electrons. The molecule has 0 bridgehead atoms. The molecule has 1 atom stereocenters. The first-order chi connectivity index (χ1) is 20.8. The Hall–Kier alpha value is -4.05. The van der Waals surface area contributed by atoms with Gasteiger partial charge in [-0.15, -0.1) is 0 Å². The van der Waals surface area contributed by atoms with Gasteiger partial charge in [-0.3, -0.25) is 14.6 Å². The standard InChI is InChI=1S/C28H27F6N7O2S/c29-18-14-20(31)19(30)12-16(18)11-17(35)13-23(44)40-9-10-41-22(15-40)24(37-27(41)28(32,33)34)26(43)39-7-5-38(6-8-39)25(42)21-3-1-2-4-36-21/h1-4,12,14,17H,5-11,13,15,35H2/t17-/m0/s1. The predicted octanol–water partition coefficient (Wildman–Crippen LogP) is 3.42. The number of aromatic nitrogens is 3. The number of nitrogens with zero attached hydrogens (tertiary/aromatic N) is 6.